The summed E-state index contributed by atoms with van der Waals surface area (Å²) in [5.41, 5.74) is 1.61. The number of nitrogens with one attached hydrogen (secondary N) is 1. The van der Waals surface area contributed by atoms with E-state index < -0.39 is 11.9 Å². The topological polar surface area (TPSA) is 88.4 Å². The fourth-order valence-electron chi connectivity index (χ4n) is 2.44. The molecule has 1 aromatic heterocycles. The number of aryl methyl sites for hydroxylation is 1. The molecule has 1 heterocycles. The van der Waals surface area contributed by atoms with Crippen molar-refractivity contribution in [3.05, 3.63) is 51.4 Å². The van der Waals surface area contributed by atoms with Crippen molar-refractivity contribution in [3.63, 3.8) is 0 Å². The highest BCUT2D eigenvalue weighted by Crippen LogP contribution is 2.33. The zero-order valence-electron chi connectivity index (χ0n) is 16.4. The highest BCUT2D eigenvalue weighted by atomic mass is 32.1. The number of hydrogen-bond acceptors (Lipinski definition) is 6. The van der Waals surface area contributed by atoms with Crippen LogP contribution in [0.1, 0.15) is 33.3 Å². The summed E-state index contributed by atoms with van der Waals surface area (Å²) in [5, 5.41) is 12.4. The van der Waals surface area contributed by atoms with E-state index in [1.807, 2.05) is 13.0 Å². The Morgan fingerprint density at radius 1 is 1.28 bits per heavy atom. The van der Waals surface area contributed by atoms with Crippen LogP contribution in [-0.2, 0) is 9.53 Å². The number of carbonyl (C=O) groups excluding carboxylic acids is 2. The summed E-state index contributed by atoms with van der Waals surface area (Å²) < 4.78 is 10.4. The molecule has 0 saturated heterocycles. The lowest BCUT2D eigenvalue weighted by atomic mass is 10.1. The van der Waals surface area contributed by atoms with Crippen molar-refractivity contribution in [2.75, 3.05) is 18.5 Å². The van der Waals surface area contributed by atoms with Gasteiger partial charge in [-0.1, -0.05) is 18.1 Å². The van der Waals surface area contributed by atoms with E-state index in [9.17, 15) is 14.9 Å². The molecule has 0 aliphatic rings. The minimum Gasteiger partial charge on any atom is -0.481 e. The molecule has 0 fully saturated rings. The zero-order chi connectivity index (χ0) is 21.4. The summed E-state index contributed by atoms with van der Waals surface area (Å²) >= 11 is 1.27. The fraction of sp³-hybridized carbons (Fsp3) is 0.227. The van der Waals surface area contributed by atoms with E-state index in [1.165, 1.54) is 17.4 Å². The first-order chi connectivity index (χ1) is 13.9. The Hall–Kier alpha value is -3.55. The van der Waals surface area contributed by atoms with Crippen molar-refractivity contribution in [1.29, 1.82) is 5.26 Å². The van der Waals surface area contributed by atoms with Gasteiger partial charge in [0.15, 0.2) is 0 Å². The number of benzene rings is 1. The van der Waals surface area contributed by atoms with E-state index in [0.29, 0.717) is 21.9 Å². The average molecular weight is 408 g/mol. The van der Waals surface area contributed by atoms with Gasteiger partial charge in [-0.15, -0.1) is 17.8 Å². The Morgan fingerprint density at radius 2 is 1.97 bits per heavy atom. The largest absolute Gasteiger partial charge is 0.481 e. The van der Waals surface area contributed by atoms with Crippen molar-refractivity contribution in [1.82, 2.24) is 0 Å². The van der Waals surface area contributed by atoms with Crippen LogP contribution in [0.5, 0.6) is 5.75 Å². The van der Waals surface area contributed by atoms with Crippen molar-refractivity contribution in [2.24, 2.45) is 0 Å². The van der Waals surface area contributed by atoms with Crippen LogP contribution in [0.25, 0.3) is 6.08 Å². The van der Waals surface area contributed by atoms with Gasteiger partial charge >= 0.3 is 5.97 Å². The molecule has 148 valence electrons. The normalized spacial score (nSPS) is 10.6. The highest BCUT2D eigenvalue weighted by molar-refractivity contribution is 7.16. The summed E-state index contributed by atoms with van der Waals surface area (Å²) in [4.78, 5) is 25.7. The van der Waals surface area contributed by atoms with E-state index in [-0.39, 0.29) is 18.8 Å². The highest BCUT2D eigenvalue weighted by Gasteiger charge is 2.23. The molecule has 0 aliphatic heterocycles. The Kier molecular flexibility index (Phi) is 7.59. The van der Waals surface area contributed by atoms with Gasteiger partial charge in [0.25, 0.3) is 5.91 Å². The van der Waals surface area contributed by atoms with Crippen molar-refractivity contribution >= 4 is 34.3 Å². The molecule has 1 amide bonds. The van der Waals surface area contributed by atoms with E-state index in [0.717, 1.165) is 10.4 Å². The number of carbonyl (C=O) groups is 2. The summed E-state index contributed by atoms with van der Waals surface area (Å²) in [6.45, 7) is 5.74. The third-order valence-corrected chi connectivity index (χ3v) is 5.09. The van der Waals surface area contributed by atoms with E-state index in [1.54, 1.807) is 38.1 Å². The number of terminal acetylenes is 1. The minimum atomic E-state index is -0.605. The average Bonchev–Trinajstić information content (AvgIpc) is 2.98. The molecule has 0 spiro atoms. The van der Waals surface area contributed by atoms with Crippen LogP contribution in [0.15, 0.2) is 29.8 Å². The molecular weight excluding hydrogens is 388 g/mol. The lowest BCUT2D eigenvalue weighted by Crippen LogP contribution is -2.16. The van der Waals surface area contributed by atoms with Crippen LogP contribution in [0.3, 0.4) is 0 Å². The number of amides is 1. The predicted molar refractivity (Wildman–Crippen MR) is 113 cm³/mol. The Balaban J connectivity index is 2.24. The van der Waals surface area contributed by atoms with Crippen LogP contribution >= 0.6 is 11.3 Å². The van der Waals surface area contributed by atoms with Gasteiger partial charge < -0.3 is 14.8 Å². The standard InChI is InChI=1S/C22H20N2O4S/c1-5-11-28-18-9-7-16(8-10-18)12-17(13-23)20(25)24-21-19(22(26)27-6-2)14(3)15(4)29-21/h1,7-10,12H,6,11H2,2-4H3,(H,24,25)/b17-12+. The maximum atomic E-state index is 12.6. The number of thiophene rings is 1. The lowest BCUT2D eigenvalue weighted by molar-refractivity contribution is -0.112. The molecule has 1 aromatic carbocycles. The third kappa shape index (κ3) is 5.47. The molecule has 0 bridgehead atoms. The first-order valence-electron chi connectivity index (χ1n) is 8.77. The fourth-order valence-corrected chi connectivity index (χ4v) is 3.48. The van der Waals surface area contributed by atoms with Gasteiger partial charge in [-0.3, -0.25) is 4.79 Å². The van der Waals surface area contributed by atoms with E-state index >= 15 is 0 Å². The molecule has 1 N–H and O–H groups in total. The summed E-state index contributed by atoms with van der Waals surface area (Å²) in [6.07, 6.45) is 6.61. The van der Waals surface area contributed by atoms with E-state index in [4.69, 9.17) is 15.9 Å². The van der Waals surface area contributed by atoms with Gasteiger partial charge in [0, 0.05) is 4.88 Å². The molecule has 0 atom stereocenters. The summed E-state index contributed by atoms with van der Waals surface area (Å²) in [5.74, 6) is 1.85. The smallest absolute Gasteiger partial charge is 0.341 e. The molecule has 0 saturated carbocycles. The molecule has 2 rings (SSSR count). The lowest BCUT2D eigenvalue weighted by Gasteiger charge is -2.07. The molecule has 6 nitrogen and oxygen atoms in total. The molecule has 29 heavy (non-hydrogen) atoms. The van der Waals surface area contributed by atoms with Crippen LogP contribution in [0, 0.1) is 37.5 Å². The number of esters is 1. The number of hydrogen-bond donors (Lipinski definition) is 1. The number of ether oxygens (including phenoxy) is 2. The predicted octanol–water partition coefficient (Wildman–Crippen LogP) is 4.10. The number of nitrogens with zero attached hydrogens (tertiary/aromatic N) is 1. The number of anilines is 1. The summed E-state index contributed by atoms with van der Waals surface area (Å²) in [7, 11) is 0. The molecular formula is C22H20N2O4S. The monoisotopic (exact) mass is 408 g/mol. The molecule has 7 heteroatoms. The second kappa shape index (κ2) is 10.1. The molecule has 0 aliphatic carbocycles. The van der Waals surface area contributed by atoms with Crippen LogP contribution < -0.4 is 10.1 Å². The Morgan fingerprint density at radius 3 is 2.55 bits per heavy atom. The molecule has 0 radical (unpaired) electrons. The van der Waals surface area contributed by atoms with Gasteiger partial charge in [0.1, 0.15) is 29.0 Å². The number of rotatable bonds is 7. The van der Waals surface area contributed by atoms with Crippen molar-refractivity contribution < 1.29 is 19.1 Å². The van der Waals surface area contributed by atoms with E-state index in [2.05, 4.69) is 11.2 Å². The Bertz CT molecular complexity index is 1020. The summed E-state index contributed by atoms with van der Waals surface area (Å²) in [6, 6.07) is 8.70. The van der Waals surface area contributed by atoms with Crippen molar-refractivity contribution in [2.45, 2.75) is 20.8 Å². The van der Waals surface area contributed by atoms with Crippen LogP contribution in [0.4, 0.5) is 5.00 Å². The van der Waals surface area contributed by atoms with Crippen LogP contribution in [0.2, 0.25) is 0 Å². The van der Waals surface area contributed by atoms with Crippen LogP contribution in [-0.4, -0.2) is 25.1 Å². The second-order valence-electron chi connectivity index (χ2n) is 5.89. The first kappa shape index (κ1) is 21.7. The maximum Gasteiger partial charge on any atom is 0.341 e. The van der Waals surface area contributed by atoms with Gasteiger partial charge in [0.2, 0.25) is 0 Å². The van der Waals surface area contributed by atoms with Gasteiger partial charge in [-0.25, -0.2) is 4.79 Å². The maximum absolute atomic E-state index is 12.6. The van der Waals surface area contributed by atoms with Crippen molar-refractivity contribution in [3.8, 4) is 24.2 Å². The van der Waals surface area contributed by atoms with Gasteiger partial charge in [-0.05, 0) is 50.1 Å². The quantitative estimate of drug-likeness (QED) is 0.322. The van der Waals surface area contributed by atoms with Gasteiger partial charge in [0.05, 0.1) is 12.2 Å². The minimum absolute atomic E-state index is 0.0965. The SMILES string of the molecule is C#CCOc1ccc(/C=C(\C#N)C(=O)Nc2sc(C)c(C)c2C(=O)OCC)cc1. The third-order valence-electron chi connectivity index (χ3n) is 3.97. The molecule has 0 unspecified atom stereocenters. The number of nitriles is 1. The first-order valence-corrected chi connectivity index (χ1v) is 9.59. The second-order valence-corrected chi connectivity index (χ2v) is 7.12. The molecule has 2 aromatic rings. The zero-order valence-corrected chi connectivity index (χ0v) is 17.2. The van der Waals surface area contributed by atoms with Gasteiger partial charge in [-0.2, -0.15) is 5.26 Å². The Labute approximate surface area is 173 Å².